The Morgan fingerprint density at radius 3 is 2.82 bits per heavy atom. The van der Waals surface area contributed by atoms with Crippen LogP contribution < -0.4 is 10.5 Å². The van der Waals surface area contributed by atoms with Gasteiger partial charge in [-0.05, 0) is 53.6 Å². The van der Waals surface area contributed by atoms with Gasteiger partial charge in [0.05, 0.1) is 16.4 Å². The molecule has 1 heterocycles. The summed E-state index contributed by atoms with van der Waals surface area (Å²) in [5.41, 5.74) is 7.50. The number of aromatic nitrogens is 1. The third-order valence-electron chi connectivity index (χ3n) is 3.57. The summed E-state index contributed by atoms with van der Waals surface area (Å²) in [5, 5.41) is 0. The number of ether oxygens (including phenoxy) is 1. The van der Waals surface area contributed by atoms with Crippen molar-refractivity contribution in [1.82, 2.24) is 4.98 Å². The molecule has 1 saturated carbocycles. The lowest BCUT2D eigenvalue weighted by molar-refractivity contribution is 0.0967. The lowest BCUT2D eigenvalue weighted by Gasteiger charge is -2.29. The zero-order valence-electron chi connectivity index (χ0n) is 10.4. The van der Waals surface area contributed by atoms with Crippen LogP contribution in [0.25, 0.3) is 0 Å². The van der Waals surface area contributed by atoms with E-state index in [1.165, 1.54) is 19.3 Å². The second-order valence-corrected chi connectivity index (χ2v) is 5.67. The molecular formula is C13H19BrN2O. The maximum atomic E-state index is 6.02. The monoisotopic (exact) mass is 298 g/mol. The van der Waals surface area contributed by atoms with Gasteiger partial charge in [-0.3, -0.25) is 0 Å². The Bertz CT molecular complexity index is 409. The van der Waals surface area contributed by atoms with Gasteiger partial charge in [0.25, 0.3) is 0 Å². The Morgan fingerprint density at radius 2 is 2.12 bits per heavy atom. The molecule has 2 unspecified atom stereocenters. The minimum atomic E-state index is 0.288. The highest BCUT2D eigenvalue weighted by atomic mass is 79.9. The molecule has 1 aliphatic rings. The van der Waals surface area contributed by atoms with Crippen LogP contribution in [0, 0.1) is 12.8 Å². The predicted octanol–water partition coefficient (Wildman–Crippen LogP) is 3.69. The number of anilines is 1. The molecular weight excluding hydrogens is 280 g/mol. The van der Waals surface area contributed by atoms with Crippen LogP contribution in [-0.4, -0.2) is 11.1 Å². The van der Waals surface area contributed by atoms with Crippen LogP contribution in [-0.2, 0) is 0 Å². The Balaban J connectivity index is 2.15. The second kappa shape index (κ2) is 5.25. The van der Waals surface area contributed by atoms with E-state index in [2.05, 4.69) is 27.8 Å². The summed E-state index contributed by atoms with van der Waals surface area (Å²) in [7, 11) is 0. The second-order valence-electron chi connectivity index (χ2n) is 4.88. The van der Waals surface area contributed by atoms with Crippen LogP contribution in [0.15, 0.2) is 10.7 Å². The molecule has 0 saturated heterocycles. The molecule has 0 aromatic carbocycles. The zero-order valence-corrected chi connectivity index (χ0v) is 12.0. The first-order chi connectivity index (χ1) is 8.09. The summed E-state index contributed by atoms with van der Waals surface area (Å²) in [4.78, 5) is 4.27. The zero-order chi connectivity index (χ0) is 12.4. The number of pyridine rings is 1. The maximum absolute atomic E-state index is 6.02. The van der Waals surface area contributed by atoms with Gasteiger partial charge in [0.2, 0.25) is 5.88 Å². The number of nitrogens with two attached hydrogens (primary N) is 1. The highest BCUT2D eigenvalue weighted by Crippen LogP contribution is 2.33. The van der Waals surface area contributed by atoms with Crippen molar-refractivity contribution in [2.24, 2.45) is 5.92 Å². The molecule has 17 heavy (non-hydrogen) atoms. The van der Waals surface area contributed by atoms with E-state index in [1.807, 2.05) is 6.92 Å². The summed E-state index contributed by atoms with van der Waals surface area (Å²) in [5.74, 6) is 1.28. The minimum absolute atomic E-state index is 0.288. The van der Waals surface area contributed by atoms with Crippen LogP contribution in [0.1, 0.15) is 38.2 Å². The fourth-order valence-corrected chi connectivity index (χ4v) is 2.68. The molecule has 4 heteroatoms. The van der Waals surface area contributed by atoms with E-state index in [9.17, 15) is 0 Å². The first kappa shape index (κ1) is 12.7. The Labute approximate surface area is 111 Å². The minimum Gasteiger partial charge on any atom is -0.473 e. The van der Waals surface area contributed by atoms with Gasteiger partial charge >= 0.3 is 0 Å². The van der Waals surface area contributed by atoms with Gasteiger partial charge in [0.15, 0.2) is 0 Å². The van der Waals surface area contributed by atoms with Crippen molar-refractivity contribution in [1.29, 1.82) is 0 Å². The Morgan fingerprint density at radius 1 is 1.41 bits per heavy atom. The fourth-order valence-electron chi connectivity index (χ4n) is 2.25. The van der Waals surface area contributed by atoms with E-state index >= 15 is 0 Å². The van der Waals surface area contributed by atoms with Crippen molar-refractivity contribution < 1.29 is 4.74 Å². The van der Waals surface area contributed by atoms with Crippen LogP contribution in [0.3, 0.4) is 0 Å². The van der Waals surface area contributed by atoms with Crippen molar-refractivity contribution in [3.63, 3.8) is 0 Å². The van der Waals surface area contributed by atoms with Gasteiger partial charge in [-0.2, -0.15) is 0 Å². The third kappa shape index (κ3) is 2.73. The molecule has 2 atom stereocenters. The average molecular weight is 299 g/mol. The van der Waals surface area contributed by atoms with Crippen LogP contribution in [0.2, 0.25) is 0 Å². The van der Waals surface area contributed by atoms with Crippen LogP contribution in [0.5, 0.6) is 5.88 Å². The van der Waals surface area contributed by atoms with Crippen LogP contribution >= 0.6 is 15.9 Å². The molecule has 0 bridgehead atoms. The fraction of sp³-hybridized carbons (Fsp3) is 0.615. The summed E-state index contributed by atoms with van der Waals surface area (Å²) in [6.07, 6.45) is 6.89. The summed E-state index contributed by atoms with van der Waals surface area (Å²) >= 11 is 3.51. The molecule has 94 valence electrons. The van der Waals surface area contributed by atoms with Crippen molar-refractivity contribution in [3.8, 4) is 5.88 Å². The van der Waals surface area contributed by atoms with Crippen molar-refractivity contribution in [2.45, 2.75) is 45.6 Å². The van der Waals surface area contributed by atoms with E-state index in [4.69, 9.17) is 10.5 Å². The number of nitrogens with zero attached hydrogens (tertiary/aromatic N) is 1. The maximum Gasteiger partial charge on any atom is 0.228 e. The molecule has 1 fully saturated rings. The van der Waals surface area contributed by atoms with Gasteiger partial charge in [-0.1, -0.05) is 13.3 Å². The molecule has 2 N–H and O–H groups in total. The molecule has 0 aliphatic heterocycles. The highest BCUT2D eigenvalue weighted by molar-refractivity contribution is 9.10. The summed E-state index contributed by atoms with van der Waals surface area (Å²) in [6.45, 7) is 4.22. The normalized spacial score (nSPS) is 24.6. The first-order valence-electron chi connectivity index (χ1n) is 6.17. The summed E-state index contributed by atoms with van der Waals surface area (Å²) < 4.78 is 6.91. The molecule has 1 aromatic rings. The SMILES string of the molecule is Cc1c(N)cnc(OC2CCCCC2C)c1Br. The van der Waals surface area contributed by atoms with E-state index in [-0.39, 0.29) is 6.10 Å². The van der Waals surface area contributed by atoms with E-state index < -0.39 is 0 Å². The average Bonchev–Trinajstić information content (AvgIpc) is 2.32. The van der Waals surface area contributed by atoms with Crippen molar-refractivity contribution in [2.75, 3.05) is 5.73 Å². The molecule has 3 nitrogen and oxygen atoms in total. The number of nitrogen functional groups attached to an aromatic ring is 1. The van der Waals surface area contributed by atoms with Gasteiger partial charge in [0, 0.05) is 0 Å². The van der Waals surface area contributed by atoms with Crippen molar-refractivity contribution >= 4 is 21.6 Å². The number of rotatable bonds is 2. The highest BCUT2D eigenvalue weighted by Gasteiger charge is 2.24. The predicted molar refractivity (Wildman–Crippen MR) is 73.1 cm³/mol. The van der Waals surface area contributed by atoms with Gasteiger partial charge < -0.3 is 10.5 Å². The number of hydrogen-bond acceptors (Lipinski definition) is 3. The molecule has 1 aromatic heterocycles. The van der Waals surface area contributed by atoms with E-state index in [0.29, 0.717) is 17.5 Å². The first-order valence-corrected chi connectivity index (χ1v) is 6.96. The van der Waals surface area contributed by atoms with E-state index in [1.54, 1.807) is 6.20 Å². The quantitative estimate of drug-likeness (QED) is 0.906. The molecule has 0 amide bonds. The topological polar surface area (TPSA) is 48.1 Å². The van der Waals surface area contributed by atoms with Gasteiger partial charge in [-0.15, -0.1) is 0 Å². The Kier molecular flexibility index (Phi) is 3.92. The lowest BCUT2D eigenvalue weighted by Crippen LogP contribution is -2.28. The molecule has 0 radical (unpaired) electrons. The molecule has 1 aliphatic carbocycles. The van der Waals surface area contributed by atoms with Crippen LogP contribution in [0.4, 0.5) is 5.69 Å². The number of halogens is 1. The largest absolute Gasteiger partial charge is 0.473 e. The van der Waals surface area contributed by atoms with E-state index in [0.717, 1.165) is 16.5 Å². The number of hydrogen-bond donors (Lipinski definition) is 1. The Hall–Kier alpha value is -0.770. The third-order valence-corrected chi connectivity index (χ3v) is 4.50. The molecule has 2 rings (SSSR count). The van der Waals surface area contributed by atoms with Gasteiger partial charge in [-0.25, -0.2) is 4.98 Å². The lowest BCUT2D eigenvalue weighted by atomic mass is 9.88. The summed E-state index contributed by atoms with van der Waals surface area (Å²) in [6, 6.07) is 0. The van der Waals surface area contributed by atoms with Gasteiger partial charge in [0.1, 0.15) is 6.10 Å². The smallest absolute Gasteiger partial charge is 0.228 e. The van der Waals surface area contributed by atoms with Crippen molar-refractivity contribution in [3.05, 3.63) is 16.2 Å². The standard InChI is InChI=1S/C13H19BrN2O/c1-8-5-3-4-6-11(8)17-13-12(14)9(2)10(15)7-16-13/h7-8,11H,3-6,15H2,1-2H3. The molecule has 0 spiro atoms.